The topological polar surface area (TPSA) is 29.3 Å². The summed E-state index contributed by atoms with van der Waals surface area (Å²) in [5, 5.41) is 0. The molecule has 0 aromatic carbocycles. The van der Waals surface area contributed by atoms with Crippen molar-refractivity contribution in [2.24, 2.45) is 5.73 Å². The summed E-state index contributed by atoms with van der Waals surface area (Å²) in [7, 11) is 0. The van der Waals surface area contributed by atoms with Gasteiger partial charge in [0.25, 0.3) is 0 Å². The van der Waals surface area contributed by atoms with Crippen LogP contribution in [0.1, 0.15) is 34.6 Å². The predicted octanol–water partition coefficient (Wildman–Crippen LogP) is 1.45. The standard InChI is InChI=1S/C9H22N2/c1-6-11(8(2)3)7-9(4,5)10/h8H,6-7,10H2,1-5H3. The van der Waals surface area contributed by atoms with Crippen molar-refractivity contribution in [3.8, 4) is 0 Å². The van der Waals surface area contributed by atoms with Gasteiger partial charge in [-0.15, -0.1) is 0 Å². The van der Waals surface area contributed by atoms with E-state index in [1.165, 1.54) is 0 Å². The van der Waals surface area contributed by atoms with Crippen molar-refractivity contribution in [1.29, 1.82) is 0 Å². The van der Waals surface area contributed by atoms with Gasteiger partial charge in [-0.2, -0.15) is 0 Å². The van der Waals surface area contributed by atoms with Crippen molar-refractivity contribution in [1.82, 2.24) is 4.90 Å². The lowest BCUT2D eigenvalue weighted by Gasteiger charge is -2.31. The van der Waals surface area contributed by atoms with E-state index in [-0.39, 0.29) is 5.54 Å². The monoisotopic (exact) mass is 158 g/mol. The molecule has 2 heteroatoms. The molecule has 0 saturated carbocycles. The first-order chi connectivity index (χ1) is 4.87. The summed E-state index contributed by atoms with van der Waals surface area (Å²) in [6.07, 6.45) is 0. The van der Waals surface area contributed by atoms with E-state index >= 15 is 0 Å². The van der Waals surface area contributed by atoms with E-state index < -0.39 is 0 Å². The van der Waals surface area contributed by atoms with Crippen LogP contribution in [-0.2, 0) is 0 Å². The number of hydrogen-bond donors (Lipinski definition) is 1. The Labute approximate surface area is 70.8 Å². The van der Waals surface area contributed by atoms with Gasteiger partial charge in [0, 0.05) is 18.1 Å². The lowest BCUT2D eigenvalue weighted by atomic mass is 10.1. The van der Waals surface area contributed by atoms with Gasteiger partial charge in [0.15, 0.2) is 0 Å². The molecule has 11 heavy (non-hydrogen) atoms. The molecule has 0 rings (SSSR count). The highest BCUT2D eigenvalue weighted by Crippen LogP contribution is 2.04. The molecular weight excluding hydrogens is 136 g/mol. The summed E-state index contributed by atoms with van der Waals surface area (Å²) in [5.41, 5.74) is 5.84. The summed E-state index contributed by atoms with van der Waals surface area (Å²) in [5.74, 6) is 0. The van der Waals surface area contributed by atoms with E-state index in [4.69, 9.17) is 5.73 Å². The van der Waals surface area contributed by atoms with Crippen molar-refractivity contribution in [3.63, 3.8) is 0 Å². The Morgan fingerprint density at radius 2 is 1.82 bits per heavy atom. The first-order valence-electron chi connectivity index (χ1n) is 4.39. The number of nitrogens with zero attached hydrogens (tertiary/aromatic N) is 1. The summed E-state index contributed by atoms with van der Waals surface area (Å²) in [6, 6.07) is 0.600. The molecule has 0 aromatic rings. The van der Waals surface area contributed by atoms with Crippen LogP contribution in [0.4, 0.5) is 0 Å². The maximum Gasteiger partial charge on any atom is 0.0226 e. The van der Waals surface area contributed by atoms with Crippen LogP contribution in [0.2, 0.25) is 0 Å². The molecule has 0 bridgehead atoms. The molecule has 2 nitrogen and oxygen atoms in total. The van der Waals surface area contributed by atoms with Crippen LogP contribution in [0.5, 0.6) is 0 Å². The van der Waals surface area contributed by atoms with Crippen LogP contribution in [0.15, 0.2) is 0 Å². The lowest BCUT2D eigenvalue weighted by molar-refractivity contribution is 0.193. The van der Waals surface area contributed by atoms with E-state index in [2.05, 4.69) is 39.5 Å². The van der Waals surface area contributed by atoms with Gasteiger partial charge in [-0.1, -0.05) is 6.92 Å². The lowest BCUT2D eigenvalue weighted by Crippen LogP contribution is -2.47. The molecule has 2 N–H and O–H groups in total. The van der Waals surface area contributed by atoms with Gasteiger partial charge >= 0.3 is 0 Å². The molecule has 0 spiro atoms. The van der Waals surface area contributed by atoms with Gasteiger partial charge in [-0.25, -0.2) is 0 Å². The van der Waals surface area contributed by atoms with Crippen molar-refractivity contribution in [2.75, 3.05) is 13.1 Å². The fourth-order valence-corrected chi connectivity index (χ4v) is 1.18. The fourth-order valence-electron chi connectivity index (χ4n) is 1.18. The quantitative estimate of drug-likeness (QED) is 0.671. The van der Waals surface area contributed by atoms with Crippen molar-refractivity contribution < 1.29 is 0 Å². The Balaban J connectivity index is 3.88. The van der Waals surface area contributed by atoms with Gasteiger partial charge < -0.3 is 5.73 Å². The van der Waals surface area contributed by atoms with E-state index in [1.807, 2.05) is 0 Å². The summed E-state index contributed by atoms with van der Waals surface area (Å²) in [4.78, 5) is 2.38. The largest absolute Gasteiger partial charge is 0.324 e. The smallest absolute Gasteiger partial charge is 0.0226 e. The highest BCUT2D eigenvalue weighted by molar-refractivity contribution is 4.78. The van der Waals surface area contributed by atoms with Gasteiger partial charge in [0.2, 0.25) is 0 Å². The van der Waals surface area contributed by atoms with Crippen molar-refractivity contribution in [2.45, 2.75) is 46.2 Å². The van der Waals surface area contributed by atoms with Crippen LogP contribution in [0, 0.1) is 0 Å². The van der Waals surface area contributed by atoms with Crippen LogP contribution in [0.3, 0.4) is 0 Å². The normalized spacial score (nSPS) is 13.1. The molecule has 0 fully saturated rings. The zero-order valence-electron chi connectivity index (χ0n) is 8.52. The minimum atomic E-state index is -0.0692. The second kappa shape index (κ2) is 4.07. The molecule has 0 aromatic heterocycles. The first kappa shape index (κ1) is 10.9. The van der Waals surface area contributed by atoms with Gasteiger partial charge in [-0.05, 0) is 34.2 Å². The minimum absolute atomic E-state index is 0.0692. The number of nitrogens with two attached hydrogens (primary N) is 1. The second-order valence-electron chi connectivity index (χ2n) is 4.15. The molecule has 0 aliphatic heterocycles. The van der Waals surface area contributed by atoms with Crippen LogP contribution >= 0.6 is 0 Å². The van der Waals surface area contributed by atoms with Gasteiger partial charge in [-0.3, -0.25) is 4.90 Å². The van der Waals surface area contributed by atoms with Crippen molar-refractivity contribution >= 4 is 0 Å². The fraction of sp³-hybridized carbons (Fsp3) is 1.00. The molecule has 0 aliphatic rings. The third-order valence-electron chi connectivity index (χ3n) is 1.75. The average Bonchev–Trinajstić information content (AvgIpc) is 1.80. The minimum Gasteiger partial charge on any atom is -0.324 e. The Hall–Kier alpha value is -0.0800. The molecule has 0 radical (unpaired) electrons. The van der Waals surface area contributed by atoms with Crippen LogP contribution in [-0.4, -0.2) is 29.6 Å². The van der Waals surface area contributed by atoms with E-state index in [0.29, 0.717) is 6.04 Å². The molecule has 68 valence electrons. The summed E-state index contributed by atoms with van der Waals surface area (Å²) >= 11 is 0. The Morgan fingerprint density at radius 1 is 1.36 bits per heavy atom. The Kier molecular flexibility index (Phi) is 4.04. The maximum atomic E-state index is 5.91. The maximum absolute atomic E-state index is 5.91. The zero-order valence-corrected chi connectivity index (χ0v) is 8.52. The molecule has 0 saturated heterocycles. The van der Waals surface area contributed by atoms with Crippen molar-refractivity contribution in [3.05, 3.63) is 0 Å². The van der Waals surface area contributed by atoms with E-state index in [1.54, 1.807) is 0 Å². The third-order valence-corrected chi connectivity index (χ3v) is 1.75. The zero-order chi connectivity index (χ0) is 9.07. The molecule has 0 amide bonds. The molecule has 0 heterocycles. The molecule has 0 unspecified atom stereocenters. The highest BCUT2D eigenvalue weighted by atomic mass is 15.2. The highest BCUT2D eigenvalue weighted by Gasteiger charge is 2.16. The summed E-state index contributed by atoms with van der Waals surface area (Å²) in [6.45, 7) is 12.8. The number of hydrogen-bond acceptors (Lipinski definition) is 2. The molecule has 0 atom stereocenters. The van der Waals surface area contributed by atoms with E-state index in [9.17, 15) is 0 Å². The predicted molar refractivity (Wildman–Crippen MR) is 50.6 cm³/mol. The van der Waals surface area contributed by atoms with Gasteiger partial charge in [0.1, 0.15) is 0 Å². The first-order valence-corrected chi connectivity index (χ1v) is 4.39. The molecule has 0 aliphatic carbocycles. The SMILES string of the molecule is CCN(CC(C)(C)N)C(C)C. The summed E-state index contributed by atoms with van der Waals surface area (Å²) < 4.78 is 0. The van der Waals surface area contributed by atoms with Crippen LogP contribution < -0.4 is 5.73 Å². The Morgan fingerprint density at radius 3 is 1.91 bits per heavy atom. The second-order valence-corrected chi connectivity index (χ2v) is 4.15. The number of likely N-dealkylation sites (N-methyl/N-ethyl adjacent to an activating group) is 1. The third kappa shape index (κ3) is 5.22. The van der Waals surface area contributed by atoms with Crippen LogP contribution in [0.25, 0.3) is 0 Å². The number of rotatable bonds is 4. The van der Waals surface area contributed by atoms with Gasteiger partial charge in [0.05, 0.1) is 0 Å². The Bertz CT molecular complexity index is 103. The van der Waals surface area contributed by atoms with E-state index in [0.717, 1.165) is 13.1 Å². The molecular formula is C9H22N2. The average molecular weight is 158 g/mol.